The molecule has 0 N–H and O–H groups in total. The highest BCUT2D eigenvalue weighted by Crippen LogP contribution is 2.42. The van der Waals surface area contributed by atoms with E-state index in [1.165, 1.54) is 18.2 Å². The van der Waals surface area contributed by atoms with Crippen LogP contribution in [0.2, 0.25) is 0 Å². The Morgan fingerprint density at radius 2 is 1.97 bits per heavy atom. The van der Waals surface area contributed by atoms with Crippen molar-refractivity contribution in [2.75, 3.05) is 13.7 Å². The summed E-state index contributed by atoms with van der Waals surface area (Å²) in [5.41, 5.74) is 5.31. The summed E-state index contributed by atoms with van der Waals surface area (Å²) < 4.78 is 13.3. The SMILES string of the molecule is COC(=O)C[C@@H]1COc2ccc3ccccc3c2-c2nc3cc(C)c(C)cc3n21. The van der Waals surface area contributed by atoms with E-state index in [2.05, 4.69) is 48.7 Å². The molecular formula is C24H22N2O3. The molecule has 5 rings (SSSR count). The zero-order valence-corrected chi connectivity index (χ0v) is 16.7. The number of hydrogen-bond donors (Lipinski definition) is 0. The number of rotatable bonds is 2. The average Bonchev–Trinajstić information content (AvgIpc) is 3.00. The van der Waals surface area contributed by atoms with E-state index >= 15 is 0 Å². The molecule has 1 aliphatic heterocycles. The van der Waals surface area contributed by atoms with Crippen LogP contribution in [0.3, 0.4) is 0 Å². The van der Waals surface area contributed by atoms with Gasteiger partial charge in [0, 0.05) is 0 Å². The first-order chi connectivity index (χ1) is 14.1. The molecule has 0 unspecified atom stereocenters. The van der Waals surface area contributed by atoms with E-state index in [0.29, 0.717) is 6.61 Å². The molecule has 0 aliphatic carbocycles. The molecule has 146 valence electrons. The van der Waals surface area contributed by atoms with E-state index in [-0.39, 0.29) is 18.4 Å². The summed E-state index contributed by atoms with van der Waals surface area (Å²) in [5.74, 6) is 1.37. The van der Waals surface area contributed by atoms with Crippen molar-refractivity contribution >= 4 is 27.8 Å². The van der Waals surface area contributed by atoms with Crippen LogP contribution >= 0.6 is 0 Å². The number of ether oxygens (including phenoxy) is 2. The fourth-order valence-corrected chi connectivity index (χ4v) is 4.19. The average molecular weight is 386 g/mol. The van der Waals surface area contributed by atoms with E-state index in [9.17, 15) is 4.79 Å². The summed E-state index contributed by atoms with van der Waals surface area (Å²) in [6, 6.07) is 16.4. The molecule has 1 atom stereocenters. The molecular weight excluding hydrogens is 364 g/mol. The molecule has 29 heavy (non-hydrogen) atoms. The smallest absolute Gasteiger partial charge is 0.307 e. The van der Waals surface area contributed by atoms with Crippen LogP contribution < -0.4 is 4.74 Å². The van der Waals surface area contributed by atoms with Crippen molar-refractivity contribution in [3.8, 4) is 17.1 Å². The van der Waals surface area contributed by atoms with Gasteiger partial charge in [0.2, 0.25) is 0 Å². The Bertz CT molecular complexity index is 1270. The van der Waals surface area contributed by atoms with Gasteiger partial charge in [-0.15, -0.1) is 0 Å². The Labute approximate surface area is 168 Å². The second-order valence-corrected chi connectivity index (χ2v) is 7.64. The highest BCUT2D eigenvalue weighted by Gasteiger charge is 2.29. The van der Waals surface area contributed by atoms with Crippen molar-refractivity contribution in [3.63, 3.8) is 0 Å². The first-order valence-corrected chi connectivity index (χ1v) is 9.77. The highest BCUT2D eigenvalue weighted by molar-refractivity contribution is 6.00. The molecule has 1 aliphatic rings. The fraction of sp³-hybridized carbons (Fsp3) is 0.250. The van der Waals surface area contributed by atoms with E-state index < -0.39 is 0 Å². The number of carbonyl (C=O) groups excluding carboxylic acids is 1. The Kier molecular flexibility index (Phi) is 4.05. The van der Waals surface area contributed by atoms with Crippen LogP contribution in [0.5, 0.6) is 5.75 Å². The van der Waals surface area contributed by atoms with E-state index in [1.807, 2.05) is 18.2 Å². The van der Waals surface area contributed by atoms with Gasteiger partial charge in [-0.25, -0.2) is 4.98 Å². The van der Waals surface area contributed by atoms with Crippen LogP contribution in [-0.4, -0.2) is 29.2 Å². The lowest BCUT2D eigenvalue weighted by Gasteiger charge is -2.18. The third-order valence-corrected chi connectivity index (χ3v) is 5.85. The topological polar surface area (TPSA) is 53.4 Å². The Balaban J connectivity index is 1.86. The quantitative estimate of drug-likeness (QED) is 0.457. The van der Waals surface area contributed by atoms with Crippen molar-refractivity contribution in [2.45, 2.75) is 26.3 Å². The Morgan fingerprint density at radius 1 is 1.17 bits per heavy atom. The van der Waals surface area contributed by atoms with Crippen LogP contribution in [0.25, 0.3) is 33.2 Å². The van der Waals surface area contributed by atoms with Crippen molar-refractivity contribution in [3.05, 3.63) is 59.7 Å². The first-order valence-electron chi connectivity index (χ1n) is 9.77. The van der Waals surface area contributed by atoms with Gasteiger partial charge in [0.25, 0.3) is 0 Å². The number of nitrogens with zero attached hydrogens (tertiary/aromatic N) is 2. The zero-order valence-electron chi connectivity index (χ0n) is 16.7. The standard InChI is InChI=1S/C24H22N2O3/c1-14-10-19-20(11-15(14)2)26-17(12-22(27)28-3)13-29-21-9-8-16-6-4-5-7-18(16)23(21)24(26)25-19/h4-11,17H,12-13H2,1-3H3/t17-/m1/s1. The Morgan fingerprint density at radius 3 is 2.79 bits per heavy atom. The van der Waals surface area contributed by atoms with Gasteiger partial charge in [0.15, 0.2) is 0 Å². The van der Waals surface area contributed by atoms with Crippen molar-refractivity contribution in [1.82, 2.24) is 9.55 Å². The first kappa shape index (κ1) is 17.7. The molecule has 4 aromatic rings. The molecule has 2 heterocycles. The second-order valence-electron chi connectivity index (χ2n) is 7.64. The van der Waals surface area contributed by atoms with Gasteiger partial charge in [-0.2, -0.15) is 0 Å². The van der Waals surface area contributed by atoms with Crippen LogP contribution in [0, 0.1) is 13.8 Å². The largest absolute Gasteiger partial charge is 0.491 e. The molecule has 1 aromatic heterocycles. The molecule has 0 saturated heterocycles. The normalized spacial score (nSPS) is 15.5. The predicted molar refractivity (Wildman–Crippen MR) is 113 cm³/mol. The second kappa shape index (κ2) is 6.62. The van der Waals surface area contributed by atoms with Crippen molar-refractivity contribution < 1.29 is 14.3 Å². The van der Waals surface area contributed by atoms with Gasteiger partial charge in [-0.1, -0.05) is 30.3 Å². The third kappa shape index (κ3) is 2.77. The van der Waals surface area contributed by atoms with Gasteiger partial charge in [-0.3, -0.25) is 4.79 Å². The molecule has 5 nitrogen and oxygen atoms in total. The number of fused-ring (bicyclic) bond motifs is 7. The number of benzene rings is 3. The lowest BCUT2D eigenvalue weighted by molar-refractivity contribution is -0.141. The summed E-state index contributed by atoms with van der Waals surface area (Å²) in [4.78, 5) is 17.2. The molecule has 0 amide bonds. The number of hydrogen-bond acceptors (Lipinski definition) is 4. The van der Waals surface area contributed by atoms with Crippen LogP contribution in [-0.2, 0) is 9.53 Å². The minimum Gasteiger partial charge on any atom is -0.491 e. The molecule has 5 heteroatoms. The number of methoxy groups -OCH3 is 1. The van der Waals surface area contributed by atoms with E-state index in [0.717, 1.165) is 38.9 Å². The van der Waals surface area contributed by atoms with Crippen molar-refractivity contribution in [1.29, 1.82) is 0 Å². The predicted octanol–water partition coefficient (Wildman–Crippen LogP) is 4.97. The molecule has 0 spiro atoms. The minimum atomic E-state index is -0.258. The zero-order chi connectivity index (χ0) is 20.1. The van der Waals surface area contributed by atoms with Gasteiger partial charge in [0.1, 0.15) is 18.2 Å². The monoisotopic (exact) mass is 386 g/mol. The lowest BCUT2D eigenvalue weighted by atomic mass is 10.0. The summed E-state index contributed by atoms with van der Waals surface area (Å²) in [6.45, 7) is 4.57. The van der Waals surface area contributed by atoms with Crippen LogP contribution in [0.1, 0.15) is 23.6 Å². The lowest BCUT2D eigenvalue weighted by Crippen LogP contribution is -2.20. The summed E-state index contributed by atoms with van der Waals surface area (Å²) >= 11 is 0. The van der Waals surface area contributed by atoms with Crippen molar-refractivity contribution in [2.24, 2.45) is 0 Å². The summed E-state index contributed by atoms with van der Waals surface area (Å²) in [5, 5.41) is 2.22. The van der Waals surface area contributed by atoms with Crippen LogP contribution in [0.4, 0.5) is 0 Å². The maximum Gasteiger partial charge on any atom is 0.307 e. The van der Waals surface area contributed by atoms with E-state index in [1.54, 1.807) is 0 Å². The number of carbonyl (C=O) groups is 1. The molecule has 0 bridgehead atoms. The number of imidazole rings is 1. The Hall–Kier alpha value is -3.34. The number of aryl methyl sites for hydroxylation is 2. The number of esters is 1. The third-order valence-electron chi connectivity index (χ3n) is 5.85. The van der Waals surface area contributed by atoms with Crippen LogP contribution in [0.15, 0.2) is 48.5 Å². The molecule has 3 aromatic carbocycles. The minimum absolute atomic E-state index is 0.198. The molecule has 0 saturated carbocycles. The van der Waals surface area contributed by atoms with Gasteiger partial charge in [-0.05, 0) is 53.9 Å². The van der Waals surface area contributed by atoms with Gasteiger partial charge in [0.05, 0.1) is 36.2 Å². The maximum absolute atomic E-state index is 12.2. The highest BCUT2D eigenvalue weighted by atomic mass is 16.5. The maximum atomic E-state index is 12.2. The van der Waals surface area contributed by atoms with E-state index in [4.69, 9.17) is 14.5 Å². The summed E-state index contributed by atoms with van der Waals surface area (Å²) in [7, 11) is 1.42. The fourth-order valence-electron chi connectivity index (χ4n) is 4.19. The van der Waals surface area contributed by atoms with Gasteiger partial charge >= 0.3 is 5.97 Å². The molecule has 0 fully saturated rings. The van der Waals surface area contributed by atoms with Gasteiger partial charge < -0.3 is 14.0 Å². The molecule has 0 radical (unpaired) electrons. The number of aromatic nitrogens is 2. The summed E-state index contributed by atoms with van der Waals surface area (Å²) in [6.07, 6.45) is 0.230.